The molecule has 0 bridgehead atoms. The first-order valence-electron chi connectivity index (χ1n) is 8.99. The van der Waals surface area contributed by atoms with E-state index in [0.717, 1.165) is 36.3 Å². The van der Waals surface area contributed by atoms with Crippen molar-refractivity contribution in [2.24, 2.45) is 0 Å². The van der Waals surface area contributed by atoms with Gasteiger partial charge in [-0.3, -0.25) is 9.48 Å². The van der Waals surface area contributed by atoms with Crippen molar-refractivity contribution in [3.8, 4) is 0 Å². The van der Waals surface area contributed by atoms with Gasteiger partial charge in [-0.05, 0) is 43.7 Å². The summed E-state index contributed by atoms with van der Waals surface area (Å²) < 4.78 is 2.02. The third kappa shape index (κ3) is 4.82. The van der Waals surface area contributed by atoms with Crippen LogP contribution in [0.4, 0.5) is 0 Å². The molecule has 0 aliphatic rings. The molecule has 0 radical (unpaired) electrons. The van der Waals surface area contributed by atoms with Crippen LogP contribution >= 0.6 is 11.3 Å². The highest BCUT2D eigenvalue weighted by atomic mass is 32.1. The van der Waals surface area contributed by atoms with Crippen molar-refractivity contribution in [2.45, 2.75) is 46.2 Å². The minimum absolute atomic E-state index is 0.108. The third-order valence-corrected chi connectivity index (χ3v) is 5.51. The van der Waals surface area contributed by atoms with Gasteiger partial charge in [0.1, 0.15) is 0 Å². The summed E-state index contributed by atoms with van der Waals surface area (Å²) in [6.45, 7) is 5.38. The van der Waals surface area contributed by atoms with Crippen molar-refractivity contribution >= 4 is 17.2 Å². The van der Waals surface area contributed by atoms with Gasteiger partial charge in [-0.1, -0.05) is 36.4 Å². The Kier molecular flexibility index (Phi) is 6.23. The summed E-state index contributed by atoms with van der Waals surface area (Å²) in [7, 11) is 0. The summed E-state index contributed by atoms with van der Waals surface area (Å²) >= 11 is 1.75. The van der Waals surface area contributed by atoms with Gasteiger partial charge in [0.2, 0.25) is 5.91 Å². The van der Waals surface area contributed by atoms with Crippen LogP contribution in [-0.2, 0) is 24.3 Å². The van der Waals surface area contributed by atoms with Crippen molar-refractivity contribution in [1.29, 1.82) is 0 Å². The van der Waals surface area contributed by atoms with Crippen LogP contribution in [0.2, 0.25) is 0 Å². The molecule has 26 heavy (non-hydrogen) atoms. The second-order valence-corrected chi connectivity index (χ2v) is 7.53. The fourth-order valence-electron chi connectivity index (χ4n) is 3.05. The highest BCUT2D eigenvalue weighted by molar-refractivity contribution is 7.09. The molecule has 0 aliphatic heterocycles. The fourth-order valence-corrected chi connectivity index (χ4v) is 3.80. The van der Waals surface area contributed by atoms with E-state index in [2.05, 4.69) is 47.0 Å². The molecule has 136 valence electrons. The number of hydrogen-bond donors (Lipinski definition) is 1. The molecule has 0 aliphatic carbocycles. The van der Waals surface area contributed by atoms with Crippen molar-refractivity contribution in [3.63, 3.8) is 0 Å². The molecular weight excluding hydrogens is 342 g/mol. The van der Waals surface area contributed by atoms with Crippen molar-refractivity contribution in [1.82, 2.24) is 15.1 Å². The van der Waals surface area contributed by atoms with E-state index in [-0.39, 0.29) is 5.91 Å². The Morgan fingerprint density at radius 2 is 1.96 bits per heavy atom. The molecule has 0 unspecified atom stereocenters. The minimum atomic E-state index is 0.108. The predicted molar refractivity (Wildman–Crippen MR) is 106 cm³/mol. The zero-order valence-electron chi connectivity index (χ0n) is 15.4. The first-order chi connectivity index (χ1) is 12.6. The Morgan fingerprint density at radius 1 is 1.15 bits per heavy atom. The monoisotopic (exact) mass is 367 g/mol. The van der Waals surface area contributed by atoms with E-state index in [1.165, 1.54) is 10.4 Å². The summed E-state index contributed by atoms with van der Waals surface area (Å²) in [6.07, 6.45) is 2.42. The molecule has 5 heteroatoms. The van der Waals surface area contributed by atoms with Crippen molar-refractivity contribution < 1.29 is 4.79 Å². The molecule has 0 fully saturated rings. The zero-order chi connectivity index (χ0) is 18.4. The molecule has 0 atom stereocenters. The number of thiophene rings is 1. The van der Waals surface area contributed by atoms with Gasteiger partial charge in [0.05, 0.1) is 12.2 Å². The summed E-state index contributed by atoms with van der Waals surface area (Å²) in [5.41, 5.74) is 4.44. The molecule has 1 aromatic carbocycles. The summed E-state index contributed by atoms with van der Waals surface area (Å²) in [4.78, 5) is 13.5. The number of aromatic nitrogens is 2. The Balaban J connectivity index is 1.52. The van der Waals surface area contributed by atoms with Crippen LogP contribution in [-0.4, -0.2) is 15.7 Å². The van der Waals surface area contributed by atoms with Crippen molar-refractivity contribution in [2.75, 3.05) is 0 Å². The van der Waals surface area contributed by atoms with E-state index >= 15 is 0 Å². The normalized spacial score (nSPS) is 10.8. The smallest absolute Gasteiger partial charge is 0.220 e. The number of benzene rings is 1. The van der Waals surface area contributed by atoms with Crippen LogP contribution in [0.15, 0.2) is 47.8 Å². The van der Waals surface area contributed by atoms with Gasteiger partial charge in [-0.15, -0.1) is 11.3 Å². The van der Waals surface area contributed by atoms with Crippen LogP contribution in [0.25, 0.3) is 0 Å². The molecule has 0 spiro atoms. The number of carbonyl (C=O) groups is 1. The van der Waals surface area contributed by atoms with E-state index in [9.17, 15) is 4.79 Å². The molecule has 2 aromatic heterocycles. The predicted octanol–water partition coefficient (Wildman–Crippen LogP) is 4.25. The van der Waals surface area contributed by atoms with E-state index in [0.29, 0.717) is 13.0 Å². The Hall–Kier alpha value is -2.40. The van der Waals surface area contributed by atoms with Crippen molar-refractivity contribution in [3.05, 3.63) is 75.2 Å². The fraction of sp³-hybridized carbons (Fsp3) is 0.333. The van der Waals surface area contributed by atoms with Gasteiger partial charge >= 0.3 is 0 Å². The molecule has 3 aromatic rings. The molecule has 0 saturated carbocycles. The van der Waals surface area contributed by atoms with Gasteiger partial charge in [0.15, 0.2) is 0 Å². The van der Waals surface area contributed by atoms with Crippen LogP contribution in [0.5, 0.6) is 0 Å². The SMILES string of the molecule is Cc1nn(Cc2ccccc2)c(C)c1CNC(=O)CCCc1cccs1. The maximum atomic E-state index is 12.1. The summed E-state index contributed by atoms with van der Waals surface area (Å²) in [5, 5.41) is 9.77. The quantitative estimate of drug-likeness (QED) is 0.647. The lowest BCUT2D eigenvalue weighted by Crippen LogP contribution is -2.23. The molecule has 4 nitrogen and oxygen atoms in total. The lowest BCUT2D eigenvalue weighted by atomic mass is 10.1. The van der Waals surface area contributed by atoms with E-state index < -0.39 is 0 Å². The average Bonchev–Trinajstić information content (AvgIpc) is 3.23. The average molecular weight is 368 g/mol. The molecule has 3 rings (SSSR count). The standard InChI is InChI=1S/C21H25N3OS/c1-16-20(14-22-21(25)12-6-10-19-11-7-13-26-19)17(2)24(23-16)15-18-8-4-3-5-9-18/h3-5,7-9,11,13H,6,10,12,14-15H2,1-2H3,(H,22,25). The summed E-state index contributed by atoms with van der Waals surface area (Å²) in [5.74, 6) is 0.108. The van der Waals surface area contributed by atoms with Crippen LogP contribution < -0.4 is 5.32 Å². The van der Waals surface area contributed by atoms with Gasteiger partial charge in [0.25, 0.3) is 0 Å². The Labute approximate surface area is 158 Å². The summed E-state index contributed by atoms with van der Waals surface area (Å²) in [6, 6.07) is 14.5. The third-order valence-electron chi connectivity index (χ3n) is 4.58. The van der Waals surface area contributed by atoms with E-state index in [1.807, 2.05) is 29.8 Å². The minimum Gasteiger partial charge on any atom is -0.352 e. The molecule has 1 N–H and O–H groups in total. The maximum absolute atomic E-state index is 12.1. The van der Waals surface area contributed by atoms with Gasteiger partial charge in [0, 0.05) is 29.1 Å². The number of nitrogens with zero attached hydrogens (tertiary/aromatic N) is 2. The number of rotatable bonds is 8. The number of carbonyl (C=O) groups excluding carboxylic acids is 1. The van der Waals surface area contributed by atoms with Gasteiger partial charge in [-0.25, -0.2) is 0 Å². The largest absolute Gasteiger partial charge is 0.352 e. The van der Waals surface area contributed by atoms with Crippen LogP contribution in [0.3, 0.4) is 0 Å². The lowest BCUT2D eigenvalue weighted by molar-refractivity contribution is -0.121. The van der Waals surface area contributed by atoms with E-state index in [1.54, 1.807) is 11.3 Å². The second-order valence-electron chi connectivity index (χ2n) is 6.50. The Morgan fingerprint density at radius 3 is 2.69 bits per heavy atom. The number of aryl methyl sites for hydroxylation is 2. The highest BCUT2D eigenvalue weighted by Crippen LogP contribution is 2.15. The molecule has 2 heterocycles. The number of amides is 1. The number of hydrogen-bond acceptors (Lipinski definition) is 3. The highest BCUT2D eigenvalue weighted by Gasteiger charge is 2.13. The molecule has 1 amide bonds. The first kappa shape index (κ1) is 18.4. The van der Waals surface area contributed by atoms with Crippen LogP contribution in [0, 0.1) is 13.8 Å². The second kappa shape index (κ2) is 8.81. The first-order valence-corrected chi connectivity index (χ1v) is 9.87. The van der Waals surface area contributed by atoms with Gasteiger partial charge in [-0.2, -0.15) is 5.10 Å². The topological polar surface area (TPSA) is 46.9 Å². The number of nitrogens with one attached hydrogen (secondary N) is 1. The zero-order valence-corrected chi connectivity index (χ0v) is 16.2. The maximum Gasteiger partial charge on any atom is 0.220 e. The van der Waals surface area contributed by atoms with Gasteiger partial charge < -0.3 is 5.32 Å². The van der Waals surface area contributed by atoms with E-state index in [4.69, 9.17) is 0 Å². The molecular formula is C21H25N3OS. The van der Waals surface area contributed by atoms with Crippen LogP contribution in [0.1, 0.15) is 40.2 Å². The lowest BCUT2D eigenvalue weighted by Gasteiger charge is -2.07. The molecule has 0 saturated heterocycles. The Bertz CT molecular complexity index is 838.